The van der Waals surface area contributed by atoms with E-state index in [4.69, 9.17) is 116 Å². The van der Waals surface area contributed by atoms with Gasteiger partial charge in [-0.2, -0.15) is 0 Å². The number of allylic oxidation sites excluding steroid dienone is 8. The van der Waals surface area contributed by atoms with Crippen LogP contribution in [-0.4, -0.2) is 15.0 Å². The van der Waals surface area contributed by atoms with Crippen LogP contribution in [0.1, 0.15) is 22.3 Å². The number of rotatable bonds is 6. The summed E-state index contributed by atoms with van der Waals surface area (Å²) in [6.45, 7) is 0. The van der Waals surface area contributed by atoms with Crippen molar-refractivity contribution in [3.8, 4) is 0 Å². The molecular formula is C36H20Cl10Se. The fourth-order valence-corrected chi connectivity index (χ4v) is 15.4. The average molecular weight is 886 g/mol. The molecule has 0 heterocycles. The zero-order valence-corrected chi connectivity index (χ0v) is 33.0. The van der Waals surface area contributed by atoms with Gasteiger partial charge in [0, 0.05) is 0 Å². The summed E-state index contributed by atoms with van der Waals surface area (Å²) in [6, 6.07) is 37.7. The Bertz CT molecular complexity index is 1820. The fraction of sp³-hybridized carbons (Fsp3) is 0.111. The van der Waals surface area contributed by atoms with Crippen molar-refractivity contribution in [3.05, 3.63) is 184 Å². The maximum atomic E-state index is 8.08. The molecule has 0 aromatic heterocycles. The van der Waals surface area contributed by atoms with Crippen LogP contribution in [0.4, 0.5) is 0 Å². The third-order valence-corrected chi connectivity index (χ3v) is 19.3. The summed E-state index contributed by atoms with van der Waals surface area (Å²) in [4.78, 5) is -3.28. The minimum absolute atomic E-state index is 0.0257. The number of halogens is 10. The Hall–Kier alpha value is -0.741. The molecule has 0 N–H and O–H groups in total. The van der Waals surface area contributed by atoms with Crippen LogP contribution in [0, 0.1) is 0 Å². The molecule has 4 aromatic carbocycles. The maximum absolute atomic E-state index is 8.08. The van der Waals surface area contributed by atoms with Gasteiger partial charge in [0.1, 0.15) is 0 Å². The van der Waals surface area contributed by atoms with Crippen molar-refractivity contribution in [1.29, 1.82) is 0 Å². The summed E-state index contributed by atoms with van der Waals surface area (Å²) in [5.41, 5.74) is 2.60. The Morgan fingerprint density at radius 2 is 0.553 bits per heavy atom. The summed E-state index contributed by atoms with van der Waals surface area (Å²) in [5.74, 6) is 0. The molecule has 2 aliphatic carbocycles. The number of benzene rings is 4. The van der Waals surface area contributed by atoms with Gasteiger partial charge >= 0.3 is 333 Å². The number of hydrogen-bond acceptors (Lipinski definition) is 0. The first-order valence-electron chi connectivity index (χ1n) is 13.9. The molecule has 0 fully saturated rings. The molecule has 0 aliphatic heterocycles. The second-order valence-corrected chi connectivity index (χ2v) is 17.9. The van der Waals surface area contributed by atoms with Crippen LogP contribution in [0.3, 0.4) is 0 Å². The van der Waals surface area contributed by atoms with E-state index < -0.39 is 33.3 Å². The van der Waals surface area contributed by atoms with Gasteiger partial charge in [0.05, 0.1) is 0 Å². The molecule has 4 unspecified atom stereocenters. The average Bonchev–Trinajstić information content (AvgIpc) is 3.13. The Balaban J connectivity index is 1.86. The van der Waals surface area contributed by atoms with Crippen LogP contribution in [0.2, 0.25) is 0 Å². The molecule has 0 bridgehead atoms. The van der Waals surface area contributed by atoms with Crippen molar-refractivity contribution in [2.45, 2.75) is 18.4 Å². The van der Waals surface area contributed by atoms with E-state index in [2.05, 4.69) is 0 Å². The monoisotopic (exact) mass is 882 g/mol. The first kappa shape index (κ1) is 36.1. The zero-order chi connectivity index (χ0) is 33.8. The van der Waals surface area contributed by atoms with Crippen molar-refractivity contribution < 1.29 is 0 Å². The molecule has 47 heavy (non-hydrogen) atoms. The summed E-state index contributed by atoms with van der Waals surface area (Å²) in [7, 11) is 0. The molecule has 11 heteroatoms. The van der Waals surface area contributed by atoms with Crippen molar-refractivity contribution in [1.82, 2.24) is 0 Å². The van der Waals surface area contributed by atoms with E-state index in [-0.39, 0.29) is 40.3 Å². The van der Waals surface area contributed by atoms with Crippen molar-refractivity contribution in [3.63, 3.8) is 0 Å². The molecule has 0 spiro atoms. The second kappa shape index (κ2) is 13.8. The van der Waals surface area contributed by atoms with Crippen LogP contribution < -0.4 is 0 Å². The van der Waals surface area contributed by atoms with E-state index in [1.54, 1.807) is 0 Å². The van der Waals surface area contributed by atoms with Crippen molar-refractivity contribution in [2.24, 2.45) is 0 Å². The Morgan fingerprint density at radius 3 is 0.830 bits per heavy atom. The standard InChI is InChI=1S/C36H20Cl10Se/c37-25-27(39)31(43)35(23-17-9-3-10-18-23,33(45,29(25)41)21-13-5-1-6-14-21)47-36(24-19-11-4-12-20-24)32(44)28(40)26(38)30(42)34(36,46)22-15-7-2-8-16-22/h1-20H. The van der Waals surface area contributed by atoms with Crippen LogP contribution in [0.15, 0.2) is 162 Å². The summed E-state index contributed by atoms with van der Waals surface area (Å²) in [6.07, 6.45) is 0. The van der Waals surface area contributed by atoms with Gasteiger partial charge in [0.25, 0.3) is 0 Å². The van der Waals surface area contributed by atoms with Crippen LogP contribution in [0.25, 0.3) is 0 Å². The van der Waals surface area contributed by atoms with E-state index in [1.807, 2.05) is 121 Å². The SMILES string of the molecule is ClC1=C(Cl)C(Cl)(c2ccccc2)C([Se]C2(c3ccccc3)C(Cl)=C(Cl)C(Cl)=C(Cl)C2(Cl)c2ccccc2)(c2ccccc2)C(Cl)=C1Cl. The molecule has 2 aliphatic rings. The van der Waals surface area contributed by atoms with Gasteiger partial charge in [-0.25, -0.2) is 0 Å². The molecule has 0 amide bonds. The molecule has 4 atom stereocenters. The topological polar surface area (TPSA) is 0 Å². The molecule has 240 valence electrons. The third-order valence-electron chi connectivity index (χ3n) is 8.36. The van der Waals surface area contributed by atoms with Gasteiger partial charge < -0.3 is 0 Å². The fourth-order valence-electron chi connectivity index (χ4n) is 6.18. The minimum atomic E-state index is -1.64. The first-order valence-corrected chi connectivity index (χ1v) is 19.4. The van der Waals surface area contributed by atoms with E-state index in [1.165, 1.54) is 0 Å². The molecule has 0 radical (unpaired) electrons. The molecule has 6 rings (SSSR count). The number of alkyl halides is 2. The quantitative estimate of drug-likeness (QED) is 0.134. The Labute approximate surface area is 330 Å². The Kier molecular flexibility index (Phi) is 10.6. The zero-order valence-electron chi connectivity index (χ0n) is 23.7. The second-order valence-electron chi connectivity index (χ2n) is 10.8. The normalized spacial score (nSPS) is 28.3. The molecular weight excluding hydrogens is 866 g/mol. The first-order chi connectivity index (χ1) is 22.4. The third kappa shape index (κ3) is 5.23. The van der Waals surface area contributed by atoms with Gasteiger partial charge in [0.15, 0.2) is 0 Å². The number of hydrogen-bond donors (Lipinski definition) is 0. The van der Waals surface area contributed by atoms with Crippen molar-refractivity contribution in [2.75, 3.05) is 0 Å². The molecule has 0 saturated carbocycles. The molecule has 0 nitrogen and oxygen atoms in total. The van der Waals surface area contributed by atoms with E-state index in [0.717, 1.165) is 0 Å². The van der Waals surface area contributed by atoms with E-state index >= 15 is 0 Å². The summed E-state index contributed by atoms with van der Waals surface area (Å²) >= 11 is 72.7. The predicted molar refractivity (Wildman–Crippen MR) is 205 cm³/mol. The Morgan fingerprint density at radius 1 is 0.319 bits per heavy atom. The van der Waals surface area contributed by atoms with Crippen molar-refractivity contribution >= 4 is 131 Å². The van der Waals surface area contributed by atoms with Gasteiger partial charge in [-0.1, -0.05) is 0 Å². The molecule has 0 saturated heterocycles. The summed E-state index contributed by atoms with van der Waals surface area (Å²) in [5, 5.41) is 0.600. The summed E-state index contributed by atoms with van der Waals surface area (Å²) < 4.78 is -2.91. The van der Waals surface area contributed by atoms with Gasteiger partial charge in [0.2, 0.25) is 0 Å². The van der Waals surface area contributed by atoms with Crippen LogP contribution in [0.5, 0.6) is 0 Å². The van der Waals surface area contributed by atoms with Crippen LogP contribution in [-0.2, 0) is 18.4 Å². The predicted octanol–water partition coefficient (Wildman–Crippen LogP) is 13.5. The van der Waals surface area contributed by atoms with E-state index in [0.29, 0.717) is 22.3 Å². The van der Waals surface area contributed by atoms with Crippen LogP contribution >= 0.6 is 116 Å². The van der Waals surface area contributed by atoms with Gasteiger partial charge in [-0.05, 0) is 0 Å². The van der Waals surface area contributed by atoms with Gasteiger partial charge in [-0.3, -0.25) is 0 Å². The van der Waals surface area contributed by atoms with E-state index in [9.17, 15) is 0 Å². The molecule has 4 aromatic rings. The van der Waals surface area contributed by atoms with Gasteiger partial charge in [-0.15, -0.1) is 0 Å².